The van der Waals surface area contributed by atoms with Gasteiger partial charge in [-0.15, -0.1) is 0 Å². The first kappa shape index (κ1) is 6.91. The molecule has 0 aromatic carbocycles. The average Bonchev–Trinajstić information content (AvgIpc) is 2.34. The van der Waals surface area contributed by atoms with Gasteiger partial charge in [0.2, 0.25) is 0 Å². The molecule has 0 unspecified atom stereocenters. The van der Waals surface area contributed by atoms with E-state index >= 15 is 0 Å². The van der Waals surface area contributed by atoms with Crippen LogP contribution in [0.4, 0.5) is 0 Å². The van der Waals surface area contributed by atoms with Gasteiger partial charge in [0.25, 0.3) is 6.02 Å². The van der Waals surface area contributed by atoms with Crippen molar-refractivity contribution in [1.29, 1.82) is 0 Å². The molecular formula is C7H13N3O. The van der Waals surface area contributed by atoms with Crippen LogP contribution in [0.5, 0.6) is 0 Å². The number of nitrogens with one attached hydrogen (secondary N) is 1. The van der Waals surface area contributed by atoms with Crippen LogP contribution in [0.3, 0.4) is 0 Å². The van der Waals surface area contributed by atoms with Crippen LogP contribution < -0.4 is 11.1 Å². The van der Waals surface area contributed by atoms with E-state index < -0.39 is 0 Å². The van der Waals surface area contributed by atoms with Gasteiger partial charge in [-0.25, -0.2) is 4.99 Å². The zero-order chi connectivity index (χ0) is 7.73. The zero-order valence-corrected chi connectivity index (χ0v) is 6.47. The second-order valence-corrected chi connectivity index (χ2v) is 3.19. The van der Waals surface area contributed by atoms with Gasteiger partial charge in [-0.2, -0.15) is 0 Å². The second kappa shape index (κ2) is 2.37. The van der Waals surface area contributed by atoms with E-state index in [1.165, 1.54) is 0 Å². The van der Waals surface area contributed by atoms with Gasteiger partial charge in [-0.3, -0.25) is 0 Å². The molecule has 0 bridgehead atoms. The highest BCUT2D eigenvalue weighted by molar-refractivity contribution is 5.73. The summed E-state index contributed by atoms with van der Waals surface area (Å²) in [6.07, 6.45) is 2.05. The van der Waals surface area contributed by atoms with Crippen molar-refractivity contribution < 1.29 is 4.74 Å². The maximum atomic E-state index is 5.48. The number of nitrogens with two attached hydrogens (primary N) is 1. The Morgan fingerprint density at radius 2 is 2.18 bits per heavy atom. The number of amidine groups is 1. The highest BCUT2D eigenvalue weighted by Gasteiger charge is 2.38. The monoisotopic (exact) mass is 155 g/mol. The van der Waals surface area contributed by atoms with E-state index in [1.54, 1.807) is 0 Å². The van der Waals surface area contributed by atoms with Crippen molar-refractivity contribution in [2.45, 2.75) is 18.4 Å². The molecule has 0 aliphatic carbocycles. The van der Waals surface area contributed by atoms with E-state index in [0.29, 0.717) is 6.02 Å². The molecular weight excluding hydrogens is 142 g/mol. The highest BCUT2D eigenvalue weighted by Crippen LogP contribution is 2.26. The SMILES string of the molecule is NC1=NCC2(CCNCC2)O1. The summed E-state index contributed by atoms with van der Waals surface area (Å²) in [6, 6.07) is 0.368. The van der Waals surface area contributed by atoms with E-state index in [1.807, 2.05) is 0 Å². The number of nitrogens with zero attached hydrogens (tertiary/aromatic N) is 1. The van der Waals surface area contributed by atoms with E-state index in [-0.39, 0.29) is 5.60 Å². The molecule has 4 heteroatoms. The number of hydrogen-bond acceptors (Lipinski definition) is 4. The Hall–Kier alpha value is -0.770. The Balaban J connectivity index is 2.01. The summed E-state index contributed by atoms with van der Waals surface area (Å²) in [6.45, 7) is 2.78. The first-order valence-electron chi connectivity index (χ1n) is 4.00. The smallest absolute Gasteiger partial charge is 0.282 e. The summed E-state index contributed by atoms with van der Waals surface area (Å²) in [5.41, 5.74) is 5.40. The van der Waals surface area contributed by atoms with Crippen LogP contribution >= 0.6 is 0 Å². The van der Waals surface area contributed by atoms with Crippen molar-refractivity contribution in [2.24, 2.45) is 10.7 Å². The van der Waals surface area contributed by atoms with E-state index in [0.717, 1.165) is 32.5 Å². The van der Waals surface area contributed by atoms with Gasteiger partial charge in [-0.05, 0) is 13.1 Å². The third kappa shape index (κ3) is 1.18. The Morgan fingerprint density at radius 3 is 2.73 bits per heavy atom. The molecule has 0 aromatic heterocycles. The van der Waals surface area contributed by atoms with Crippen molar-refractivity contribution >= 4 is 6.02 Å². The summed E-state index contributed by atoms with van der Waals surface area (Å²) in [7, 11) is 0. The van der Waals surface area contributed by atoms with Crippen molar-refractivity contribution in [1.82, 2.24) is 5.32 Å². The minimum Gasteiger partial charge on any atom is -0.457 e. The van der Waals surface area contributed by atoms with Gasteiger partial charge in [0.15, 0.2) is 0 Å². The summed E-state index contributed by atoms with van der Waals surface area (Å²) >= 11 is 0. The van der Waals surface area contributed by atoms with Gasteiger partial charge in [-0.1, -0.05) is 0 Å². The topological polar surface area (TPSA) is 59.6 Å². The summed E-state index contributed by atoms with van der Waals surface area (Å²) < 4.78 is 5.48. The Kier molecular flexibility index (Phi) is 1.49. The molecule has 1 saturated heterocycles. The molecule has 0 amide bonds. The summed E-state index contributed by atoms with van der Waals surface area (Å²) in [5, 5.41) is 3.28. The lowest BCUT2D eigenvalue weighted by Crippen LogP contribution is -2.45. The fourth-order valence-corrected chi connectivity index (χ4v) is 1.65. The Labute approximate surface area is 65.8 Å². The predicted molar refractivity (Wildman–Crippen MR) is 42.4 cm³/mol. The quantitative estimate of drug-likeness (QED) is 0.493. The molecule has 2 aliphatic rings. The van der Waals surface area contributed by atoms with E-state index in [2.05, 4.69) is 10.3 Å². The number of aliphatic imine (C=N–C) groups is 1. The van der Waals surface area contributed by atoms with Crippen LogP contribution in [0.2, 0.25) is 0 Å². The largest absolute Gasteiger partial charge is 0.457 e. The molecule has 0 saturated carbocycles. The van der Waals surface area contributed by atoms with Crippen LogP contribution in [-0.4, -0.2) is 31.3 Å². The number of piperidine rings is 1. The molecule has 0 aromatic rings. The van der Waals surface area contributed by atoms with Gasteiger partial charge in [0, 0.05) is 12.8 Å². The van der Waals surface area contributed by atoms with Crippen LogP contribution in [0.1, 0.15) is 12.8 Å². The number of rotatable bonds is 0. The molecule has 0 radical (unpaired) electrons. The van der Waals surface area contributed by atoms with Gasteiger partial charge >= 0.3 is 0 Å². The number of ether oxygens (including phenoxy) is 1. The zero-order valence-electron chi connectivity index (χ0n) is 6.47. The van der Waals surface area contributed by atoms with Gasteiger partial charge in [0.1, 0.15) is 5.60 Å². The van der Waals surface area contributed by atoms with Crippen molar-refractivity contribution in [2.75, 3.05) is 19.6 Å². The third-order valence-corrected chi connectivity index (χ3v) is 2.36. The standard InChI is InChI=1S/C7H13N3O/c8-6-10-5-7(11-6)1-3-9-4-2-7/h9H,1-5H2,(H2,8,10). The highest BCUT2D eigenvalue weighted by atomic mass is 16.5. The fourth-order valence-electron chi connectivity index (χ4n) is 1.65. The molecule has 11 heavy (non-hydrogen) atoms. The first-order valence-corrected chi connectivity index (χ1v) is 4.00. The second-order valence-electron chi connectivity index (χ2n) is 3.19. The van der Waals surface area contributed by atoms with Crippen LogP contribution in [-0.2, 0) is 4.74 Å². The molecule has 4 nitrogen and oxygen atoms in total. The molecule has 2 heterocycles. The lowest BCUT2D eigenvalue weighted by molar-refractivity contribution is 0.0523. The summed E-state index contributed by atoms with van der Waals surface area (Å²) in [5.74, 6) is 0. The molecule has 2 aliphatic heterocycles. The third-order valence-electron chi connectivity index (χ3n) is 2.36. The van der Waals surface area contributed by atoms with Crippen LogP contribution in [0, 0.1) is 0 Å². The van der Waals surface area contributed by atoms with Crippen molar-refractivity contribution in [3.05, 3.63) is 0 Å². The lowest BCUT2D eigenvalue weighted by Gasteiger charge is -2.31. The maximum Gasteiger partial charge on any atom is 0.282 e. The molecule has 1 spiro atoms. The van der Waals surface area contributed by atoms with Crippen molar-refractivity contribution in [3.63, 3.8) is 0 Å². The first-order chi connectivity index (χ1) is 5.31. The van der Waals surface area contributed by atoms with Crippen LogP contribution in [0.25, 0.3) is 0 Å². The molecule has 2 rings (SSSR count). The fraction of sp³-hybridized carbons (Fsp3) is 0.857. The van der Waals surface area contributed by atoms with Crippen LogP contribution in [0.15, 0.2) is 4.99 Å². The molecule has 1 fully saturated rings. The molecule has 3 N–H and O–H groups in total. The normalized spacial score (nSPS) is 28.2. The minimum atomic E-state index is -0.0463. The number of hydrogen-bond donors (Lipinski definition) is 2. The van der Waals surface area contributed by atoms with E-state index in [4.69, 9.17) is 10.5 Å². The maximum absolute atomic E-state index is 5.48. The lowest BCUT2D eigenvalue weighted by atomic mass is 9.93. The van der Waals surface area contributed by atoms with Gasteiger partial charge < -0.3 is 15.8 Å². The minimum absolute atomic E-state index is 0.0463. The summed E-state index contributed by atoms with van der Waals surface area (Å²) in [4.78, 5) is 4.06. The van der Waals surface area contributed by atoms with Gasteiger partial charge in [0.05, 0.1) is 6.54 Å². The van der Waals surface area contributed by atoms with E-state index in [9.17, 15) is 0 Å². The predicted octanol–water partition coefficient (Wildman–Crippen LogP) is -0.547. The Bertz CT molecular complexity index is 184. The molecule has 0 atom stereocenters. The molecule has 62 valence electrons. The Morgan fingerprint density at radius 1 is 1.45 bits per heavy atom. The van der Waals surface area contributed by atoms with Crippen molar-refractivity contribution in [3.8, 4) is 0 Å². The average molecular weight is 155 g/mol.